The Kier molecular flexibility index (Phi) is 5.17. The van der Waals surface area contributed by atoms with Crippen LogP contribution in [0.15, 0.2) is 51.7 Å². The normalized spacial score (nSPS) is 15.0. The molecule has 0 bridgehead atoms. The first-order valence-corrected chi connectivity index (χ1v) is 10.0. The number of aromatic amines is 1. The van der Waals surface area contributed by atoms with Gasteiger partial charge in [0.25, 0.3) is 11.5 Å². The van der Waals surface area contributed by atoms with Gasteiger partial charge in [-0.2, -0.15) is 13.2 Å². The van der Waals surface area contributed by atoms with Crippen LogP contribution in [0.5, 0.6) is 11.5 Å². The molecule has 0 saturated heterocycles. The van der Waals surface area contributed by atoms with Crippen molar-refractivity contribution in [3.63, 3.8) is 0 Å². The predicted octanol–water partition coefficient (Wildman–Crippen LogP) is 5.40. The van der Waals surface area contributed by atoms with Gasteiger partial charge in [0.05, 0.1) is 6.04 Å². The molecule has 0 fully saturated rings. The molecule has 0 aliphatic carbocycles. The Morgan fingerprint density at radius 1 is 1.13 bits per heavy atom. The molecule has 1 aromatic heterocycles. The number of nitrogens with one attached hydrogen (secondary N) is 2. The van der Waals surface area contributed by atoms with Crippen LogP contribution in [0, 0.1) is 13.8 Å². The molecule has 1 aliphatic rings. The number of aryl methyl sites for hydroxylation is 2. The van der Waals surface area contributed by atoms with Crippen LogP contribution in [0.3, 0.4) is 0 Å². The van der Waals surface area contributed by atoms with Crippen LogP contribution >= 0.6 is 15.9 Å². The van der Waals surface area contributed by atoms with Crippen LogP contribution < -0.4 is 15.6 Å². The summed E-state index contributed by atoms with van der Waals surface area (Å²) < 4.78 is 44.7. The molecule has 160 valence electrons. The number of pyridine rings is 1. The summed E-state index contributed by atoms with van der Waals surface area (Å²) in [5.74, 6) is 0.320. The summed E-state index contributed by atoms with van der Waals surface area (Å²) in [7, 11) is 0. The number of H-pyrrole nitrogens is 1. The average Bonchev–Trinajstić information content (AvgIpc) is 2.68. The Hall–Kier alpha value is -3.07. The van der Waals surface area contributed by atoms with Crippen LogP contribution in [-0.2, 0) is 6.18 Å². The molecular weight excluding hydrogens is 477 g/mol. The number of hydrogen-bond donors (Lipinski definition) is 2. The quantitative estimate of drug-likeness (QED) is 0.503. The molecule has 3 aromatic rings. The van der Waals surface area contributed by atoms with Crippen LogP contribution in [0.2, 0.25) is 0 Å². The highest BCUT2D eigenvalue weighted by Crippen LogP contribution is 2.44. The van der Waals surface area contributed by atoms with Crippen LogP contribution in [0.1, 0.15) is 44.3 Å². The Labute approximate surface area is 183 Å². The molecule has 2 heterocycles. The van der Waals surface area contributed by atoms with E-state index >= 15 is 0 Å². The molecule has 1 aliphatic heterocycles. The minimum atomic E-state index is -4.76. The minimum absolute atomic E-state index is 0.427. The van der Waals surface area contributed by atoms with Gasteiger partial charge in [-0.1, -0.05) is 24.3 Å². The lowest BCUT2D eigenvalue weighted by molar-refractivity contribution is -0.142. The van der Waals surface area contributed by atoms with E-state index in [1.165, 1.54) is 0 Å². The number of halogens is 4. The first kappa shape index (κ1) is 21.2. The number of fused-ring (bicyclic) bond motifs is 2. The standard InChI is InChI=1S/C22H16BrF3N2O3/c1-10-6-7-12-16(8-10)31-15-5-3-4-11(2)17(15)18(12)27-20(29)13-9-14(23)19(22(24,25)26)28-21(13)30/h3-9,18H,1-2H3,(H,27,29)(H,28,30). The topological polar surface area (TPSA) is 71.2 Å². The Morgan fingerprint density at radius 2 is 1.87 bits per heavy atom. The Morgan fingerprint density at radius 3 is 2.58 bits per heavy atom. The lowest BCUT2D eigenvalue weighted by Crippen LogP contribution is -2.35. The van der Waals surface area contributed by atoms with Crippen molar-refractivity contribution in [2.24, 2.45) is 0 Å². The van der Waals surface area contributed by atoms with E-state index in [2.05, 4.69) is 21.2 Å². The van der Waals surface area contributed by atoms with Gasteiger partial charge in [-0.25, -0.2) is 0 Å². The van der Waals surface area contributed by atoms with E-state index in [4.69, 9.17) is 4.74 Å². The van der Waals surface area contributed by atoms with E-state index in [1.54, 1.807) is 11.1 Å². The number of alkyl halides is 3. The first-order chi connectivity index (χ1) is 14.6. The molecule has 9 heteroatoms. The molecule has 2 aromatic carbocycles. The van der Waals surface area contributed by atoms with E-state index in [9.17, 15) is 22.8 Å². The molecule has 1 amide bonds. The zero-order valence-corrected chi connectivity index (χ0v) is 17.9. The van der Waals surface area contributed by atoms with E-state index < -0.39 is 39.4 Å². The van der Waals surface area contributed by atoms with Gasteiger partial charge in [-0.05, 0) is 59.1 Å². The molecule has 1 atom stereocenters. The molecular formula is C22H16BrF3N2O3. The zero-order chi connectivity index (χ0) is 22.5. The van der Waals surface area contributed by atoms with Crippen molar-refractivity contribution < 1.29 is 22.7 Å². The lowest BCUT2D eigenvalue weighted by Gasteiger charge is -2.30. The average molecular weight is 493 g/mol. The molecule has 2 N–H and O–H groups in total. The number of rotatable bonds is 2. The minimum Gasteiger partial charge on any atom is -0.457 e. The third-order valence-corrected chi connectivity index (χ3v) is 5.69. The Balaban J connectivity index is 1.78. The second-order valence-electron chi connectivity index (χ2n) is 7.27. The van der Waals surface area contributed by atoms with Crippen molar-refractivity contribution in [3.8, 4) is 11.5 Å². The fourth-order valence-electron chi connectivity index (χ4n) is 3.59. The van der Waals surface area contributed by atoms with Gasteiger partial charge < -0.3 is 15.0 Å². The smallest absolute Gasteiger partial charge is 0.432 e. The summed E-state index contributed by atoms with van der Waals surface area (Å²) in [5.41, 5.74) is 0.406. The third-order valence-electron chi connectivity index (χ3n) is 5.07. The second-order valence-corrected chi connectivity index (χ2v) is 8.12. The van der Waals surface area contributed by atoms with Crippen molar-refractivity contribution in [2.75, 3.05) is 0 Å². The fraction of sp³-hybridized carbons (Fsp3) is 0.182. The summed E-state index contributed by atoms with van der Waals surface area (Å²) in [6.07, 6.45) is -4.76. The number of benzene rings is 2. The molecule has 5 nitrogen and oxygen atoms in total. The van der Waals surface area contributed by atoms with Gasteiger partial charge >= 0.3 is 6.18 Å². The summed E-state index contributed by atoms with van der Waals surface area (Å²) in [6.45, 7) is 3.77. The zero-order valence-electron chi connectivity index (χ0n) is 16.4. The monoisotopic (exact) mass is 492 g/mol. The maximum atomic E-state index is 13.0. The van der Waals surface area contributed by atoms with E-state index in [0.29, 0.717) is 17.1 Å². The van der Waals surface area contributed by atoms with Gasteiger partial charge in [-0.15, -0.1) is 0 Å². The summed E-state index contributed by atoms with van der Waals surface area (Å²) in [6, 6.07) is 11.2. The van der Waals surface area contributed by atoms with Crippen LogP contribution in [0.4, 0.5) is 13.2 Å². The van der Waals surface area contributed by atoms with Gasteiger partial charge in [0, 0.05) is 15.6 Å². The molecule has 0 spiro atoms. The summed E-state index contributed by atoms with van der Waals surface area (Å²) in [4.78, 5) is 27.0. The predicted molar refractivity (Wildman–Crippen MR) is 112 cm³/mol. The van der Waals surface area contributed by atoms with Crippen LogP contribution in [-0.4, -0.2) is 10.9 Å². The summed E-state index contributed by atoms with van der Waals surface area (Å²) in [5, 5.41) is 2.79. The van der Waals surface area contributed by atoms with Crippen molar-refractivity contribution in [1.29, 1.82) is 0 Å². The van der Waals surface area contributed by atoms with Crippen molar-refractivity contribution in [1.82, 2.24) is 10.3 Å². The van der Waals surface area contributed by atoms with Crippen molar-refractivity contribution in [2.45, 2.75) is 26.1 Å². The number of ether oxygens (including phenoxy) is 1. The number of hydrogen-bond acceptors (Lipinski definition) is 3. The number of carbonyl (C=O) groups excluding carboxylic acids is 1. The van der Waals surface area contributed by atoms with E-state index in [1.807, 2.05) is 44.2 Å². The van der Waals surface area contributed by atoms with Crippen molar-refractivity contribution in [3.05, 3.63) is 90.8 Å². The molecule has 1 unspecified atom stereocenters. The molecule has 31 heavy (non-hydrogen) atoms. The number of aromatic nitrogens is 1. The van der Waals surface area contributed by atoms with Crippen molar-refractivity contribution >= 4 is 21.8 Å². The Bertz CT molecular complexity index is 1270. The lowest BCUT2D eigenvalue weighted by atomic mass is 9.90. The highest BCUT2D eigenvalue weighted by molar-refractivity contribution is 9.10. The maximum Gasteiger partial charge on any atom is 0.432 e. The fourth-order valence-corrected chi connectivity index (χ4v) is 4.15. The van der Waals surface area contributed by atoms with Gasteiger partial charge in [-0.3, -0.25) is 9.59 Å². The SMILES string of the molecule is Cc1ccc2c(c1)Oc1cccc(C)c1C2NC(=O)c1cc(Br)c(C(F)(F)F)[nH]c1=O. The van der Waals surface area contributed by atoms with E-state index in [0.717, 1.165) is 22.8 Å². The van der Waals surface area contributed by atoms with Gasteiger partial charge in [0.15, 0.2) is 0 Å². The number of amides is 1. The second kappa shape index (κ2) is 7.56. The third kappa shape index (κ3) is 3.85. The summed E-state index contributed by atoms with van der Waals surface area (Å²) >= 11 is 2.79. The highest BCUT2D eigenvalue weighted by Gasteiger charge is 2.36. The van der Waals surface area contributed by atoms with Crippen LogP contribution in [0.25, 0.3) is 0 Å². The van der Waals surface area contributed by atoms with Gasteiger partial charge in [0.1, 0.15) is 22.8 Å². The highest BCUT2D eigenvalue weighted by atomic mass is 79.9. The molecule has 0 radical (unpaired) electrons. The molecule has 4 rings (SSSR count). The van der Waals surface area contributed by atoms with E-state index in [-0.39, 0.29) is 0 Å². The van der Waals surface area contributed by atoms with Gasteiger partial charge in [0.2, 0.25) is 0 Å². The largest absolute Gasteiger partial charge is 0.457 e. The maximum absolute atomic E-state index is 13.0. The molecule has 0 saturated carbocycles. The number of carbonyl (C=O) groups is 1. The first-order valence-electron chi connectivity index (χ1n) is 9.25.